The summed E-state index contributed by atoms with van der Waals surface area (Å²) in [6.07, 6.45) is 10.1. The van der Waals surface area contributed by atoms with E-state index in [1.54, 1.807) is 0 Å². The number of carbonyl (C=O) groups is 1. The molecule has 2 aliphatic rings. The zero-order chi connectivity index (χ0) is 17.5. The summed E-state index contributed by atoms with van der Waals surface area (Å²) >= 11 is 0. The van der Waals surface area contributed by atoms with Gasteiger partial charge in [-0.05, 0) is 70.0 Å². The summed E-state index contributed by atoms with van der Waals surface area (Å²) in [7, 11) is 0. The molecule has 1 N–H and O–H groups in total. The molecule has 0 spiro atoms. The normalized spacial score (nSPS) is 19.5. The SMILES string of the molecule is Cc1ccc(CN2CCC(CNC(=O)CC3=CCCCC3)CC2)cc1. The maximum absolute atomic E-state index is 12.1. The minimum absolute atomic E-state index is 0.218. The molecule has 3 nitrogen and oxygen atoms in total. The molecule has 3 rings (SSSR count). The van der Waals surface area contributed by atoms with Crippen LogP contribution in [0.5, 0.6) is 0 Å². The Labute approximate surface area is 152 Å². The van der Waals surface area contributed by atoms with Crippen molar-refractivity contribution in [2.75, 3.05) is 19.6 Å². The maximum Gasteiger partial charge on any atom is 0.224 e. The predicted molar refractivity (Wildman–Crippen MR) is 103 cm³/mol. The molecule has 1 heterocycles. The van der Waals surface area contributed by atoms with Gasteiger partial charge in [-0.1, -0.05) is 41.5 Å². The zero-order valence-electron chi connectivity index (χ0n) is 15.6. The lowest BCUT2D eigenvalue weighted by molar-refractivity contribution is -0.120. The number of aryl methyl sites for hydroxylation is 1. The van der Waals surface area contributed by atoms with Crippen LogP contribution in [0, 0.1) is 12.8 Å². The van der Waals surface area contributed by atoms with Crippen molar-refractivity contribution in [3.8, 4) is 0 Å². The Kier molecular flexibility index (Phi) is 6.69. The number of amides is 1. The number of rotatable bonds is 6. The van der Waals surface area contributed by atoms with E-state index < -0.39 is 0 Å². The van der Waals surface area contributed by atoms with Gasteiger partial charge in [-0.2, -0.15) is 0 Å². The van der Waals surface area contributed by atoms with Crippen LogP contribution < -0.4 is 5.32 Å². The molecule has 0 radical (unpaired) electrons. The fourth-order valence-corrected chi connectivity index (χ4v) is 3.89. The first-order valence-corrected chi connectivity index (χ1v) is 9.91. The number of hydrogen-bond donors (Lipinski definition) is 1. The van der Waals surface area contributed by atoms with Gasteiger partial charge in [-0.25, -0.2) is 0 Å². The summed E-state index contributed by atoms with van der Waals surface area (Å²) in [5, 5.41) is 3.17. The Morgan fingerprint density at radius 3 is 2.60 bits per heavy atom. The summed E-state index contributed by atoms with van der Waals surface area (Å²) in [5.74, 6) is 0.855. The first-order chi connectivity index (χ1) is 12.2. The first-order valence-electron chi connectivity index (χ1n) is 9.91. The predicted octanol–water partition coefficient (Wildman–Crippen LogP) is 4.21. The van der Waals surface area contributed by atoms with Gasteiger partial charge in [0.2, 0.25) is 5.91 Å². The number of allylic oxidation sites excluding steroid dienone is 1. The van der Waals surface area contributed by atoms with Crippen molar-refractivity contribution in [2.45, 2.75) is 58.4 Å². The van der Waals surface area contributed by atoms with Crippen LogP contribution in [0.1, 0.15) is 56.1 Å². The van der Waals surface area contributed by atoms with E-state index in [9.17, 15) is 4.79 Å². The van der Waals surface area contributed by atoms with Gasteiger partial charge in [0.15, 0.2) is 0 Å². The van der Waals surface area contributed by atoms with Gasteiger partial charge >= 0.3 is 0 Å². The summed E-state index contributed by atoms with van der Waals surface area (Å²) in [6, 6.07) is 8.86. The third-order valence-corrected chi connectivity index (χ3v) is 5.59. The highest BCUT2D eigenvalue weighted by atomic mass is 16.1. The Bertz CT molecular complexity index is 583. The maximum atomic E-state index is 12.1. The highest BCUT2D eigenvalue weighted by Gasteiger charge is 2.20. The van der Waals surface area contributed by atoms with E-state index in [4.69, 9.17) is 0 Å². The van der Waals surface area contributed by atoms with Crippen molar-refractivity contribution >= 4 is 5.91 Å². The highest BCUT2D eigenvalue weighted by Crippen LogP contribution is 2.21. The Morgan fingerprint density at radius 2 is 1.92 bits per heavy atom. The van der Waals surface area contributed by atoms with E-state index in [0.29, 0.717) is 12.3 Å². The van der Waals surface area contributed by atoms with Crippen molar-refractivity contribution < 1.29 is 4.79 Å². The summed E-state index contributed by atoms with van der Waals surface area (Å²) in [4.78, 5) is 14.7. The Balaban J connectivity index is 1.34. The molecule has 25 heavy (non-hydrogen) atoms. The van der Waals surface area contributed by atoms with Crippen LogP contribution in [0.15, 0.2) is 35.9 Å². The standard InChI is InChI=1S/C22H32N2O/c1-18-7-9-21(10-8-18)17-24-13-11-20(12-14-24)16-23-22(25)15-19-5-3-2-4-6-19/h5,7-10,20H,2-4,6,11-17H2,1H3,(H,23,25). The van der Waals surface area contributed by atoms with Gasteiger partial charge in [-0.3, -0.25) is 9.69 Å². The molecule has 0 saturated carbocycles. The van der Waals surface area contributed by atoms with Crippen molar-refractivity contribution in [1.29, 1.82) is 0 Å². The number of likely N-dealkylation sites (tertiary alicyclic amines) is 1. The second-order valence-electron chi connectivity index (χ2n) is 7.79. The molecular formula is C22H32N2O. The molecule has 0 bridgehead atoms. The fraction of sp³-hybridized carbons (Fsp3) is 0.591. The van der Waals surface area contributed by atoms with E-state index in [1.807, 2.05) is 0 Å². The van der Waals surface area contributed by atoms with Crippen molar-refractivity contribution in [1.82, 2.24) is 10.2 Å². The largest absolute Gasteiger partial charge is 0.356 e. The van der Waals surface area contributed by atoms with E-state index in [0.717, 1.165) is 39.0 Å². The van der Waals surface area contributed by atoms with Crippen LogP contribution >= 0.6 is 0 Å². The lowest BCUT2D eigenvalue weighted by Gasteiger charge is -2.32. The Morgan fingerprint density at radius 1 is 1.16 bits per heavy atom. The van der Waals surface area contributed by atoms with E-state index in [-0.39, 0.29) is 5.91 Å². The number of nitrogens with zero attached hydrogens (tertiary/aromatic N) is 1. The average molecular weight is 341 g/mol. The first kappa shape index (κ1) is 18.2. The molecule has 0 aromatic heterocycles. The number of hydrogen-bond acceptors (Lipinski definition) is 2. The lowest BCUT2D eigenvalue weighted by atomic mass is 9.95. The molecule has 1 amide bonds. The van der Waals surface area contributed by atoms with Crippen LogP contribution in [0.3, 0.4) is 0 Å². The highest BCUT2D eigenvalue weighted by molar-refractivity contribution is 5.78. The molecule has 1 aliphatic heterocycles. The van der Waals surface area contributed by atoms with Gasteiger partial charge < -0.3 is 5.32 Å². The summed E-state index contributed by atoms with van der Waals surface area (Å²) in [6.45, 7) is 6.31. The van der Waals surface area contributed by atoms with Gasteiger partial charge in [0.25, 0.3) is 0 Å². The molecule has 1 fully saturated rings. The Hall–Kier alpha value is -1.61. The smallest absolute Gasteiger partial charge is 0.224 e. The minimum Gasteiger partial charge on any atom is -0.356 e. The van der Waals surface area contributed by atoms with Gasteiger partial charge in [0.05, 0.1) is 0 Å². The number of piperidine rings is 1. The van der Waals surface area contributed by atoms with Crippen LogP contribution in [0.4, 0.5) is 0 Å². The molecule has 1 aromatic rings. The topological polar surface area (TPSA) is 32.3 Å². The summed E-state index contributed by atoms with van der Waals surface area (Å²) in [5.41, 5.74) is 4.07. The molecule has 136 valence electrons. The van der Waals surface area contributed by atoms with Gasteiger partial charge in [0, 0.05) is 19.5 Å². The van der Waals surface area contributed by atoms with E-state index in [1.165, 1.54) is 42.4 Å². The molecule has 0 atom stereocenters. The number of nitrogens with one attached hydrogen (secondary N) is 1. The molecular weight excluding hydrogens is 308 g/mol. The second kappa shape index (κ2) is 9.19. The zero-order valence-corrected chi connectivity index (χ0v) is 15.6. The molecule has 0 unspecified atom stereocenters. The molecule has 1 saturated heterocycles. The molecule has 3 heteroatoms. The van der Waals surface area contributed by atoms with E-state index >= 15 is 0 Å². The van der Waals surface area contributed by atoms with Crippen LogP contribution in [0.2, 0.25) is 0 Å². The lowest BCUT2D eigenvalue weighted by Crippen LogP contribution is -2.38. The minimum atomic E-state index is 0.218. The third kappa shape index (κ3) is 6.00. The van der Waals surface area contributed by atoms with Crippen LogP contribution in [0.25, 0.3) is 0 Å². The quantitative estimate of drug-likeness (QED) is 0.787. The van der Waals surface area contributed by atoms with Crippen molar-refractivity contribution in [3.05, 3.63) is 47.0 Å². The van der Waals surface area contributed by atoms with Gasteiger partial charge in [-0.15, -0.1) is 0 Å². The third-order valence-electron chi connectivity index (χ3n) is 5.59. The number of benzene rings is 1. The monoisotopic (exact) mass is 340 g/mol. The second-order valence-corrected chi connectivity index (χ2v) is 7.79. The summed E-state index contributed by atoms with van der Waals surface area (Å²) < 4.78 is 0. The average Bonchev–Trinajstić information content (AvgIpc) is 2.64. The fourth-order valence-electron chi connectivity index (χ4n) is 3.89. The van der Waals surface area contributed by atoms with Crippen LogP contribution in [-0.4, -0.2) is 30.4 Å². The number of carbonyl (C=O) groups excluding carboxylic acids is 1. The molecule has 1 aliphatic carbocycles. The van der Waals surface area contributed by atoms with E-state index in [2.05, 4.69) is 47.5 Å². The van der Waals surface area contributed by atoms with Crippen molar-refractivity contribution in [2.24, 2.45) is 5.92 Å². The van der Waals surface area contributed by atoms with Crippen molar-refractivity contribution in [3.63, 3.8) is 0 Å². The van der Waals surface area contributed by atoms with Gasteiger partial charge in [0.1, 0.15) is 0 Å². The molecule has 1 aromatic carbocycles. The van der Waals surface area contributed by atoms with Crippen LogP contribution in [-0.2, 0) is 11.3 Å².